The number of hydrogen-bond donors (Lipinski definition) is 1. The van der Waals surface area contributed by atoms with Crippen LogP contribution in [0.25, 0.3) is 6.08 Å². The topological polar surface area (TPSA) is 53.4 Å². The molecule has 0 fully saturated rings. The second-order valence-electron chi connectivity index (χ2n) is 3.57. The predicted octanol–water partition coefficient (Wildman–Crippen LogP) is 1.49. The first kappa shape index (κ1) is 9.77. The molecule has 0 saturated carbocycles. The molecule has 82 valence electrons. The molecule has 5 nitrogen and oxygen atoms in total. The summed E-state index contributed by atoms with van der Waals surface area (Å²) in [5.41, 5.74) is 1.02. The summed E-state index contributed by atoms with van der Waals surface area (Å²) in [5.74, 6) is 2.53. The quantitative estimate of drug-likeness (QED) is 0.846. The molecule has 0 radical (unpaired) electrons. The van der Waals surface area contributed by atoms with E-state index in [9.17, 15) is 0 Å². The summed E-state index contributed by atoms with van der Waals surface area (Å²) in [4.78, 5) is 15.2. The van der Waals surface area contributed by atoms with E-state index in [0.717, 1.165) is 34.8 Å². The van der Waals surface area contributed by atoms with Gasteiger partial charge in [0.1, 0.15) is 11.7 Å². The molecular formula is C10H10BrN5. The van der Waals surface area contributed by atoms with Crippen LogP contribution in [0.4, 0.5) is 11.8 Å². The Bertz CT molecular complexity index is 508. The maximum absolute atomic E-state index is 4.47. The Morgan fingerprint density at radius 3 is 3.19 bits per heavy atom. The molecule has 3 heterocycles. The normalized spacial score (nSPS) is 17.5. The van der Waals surface area contributed by atoms with Gasteiger partial charge in [-0.2, -0.15) is 4.98 Å². The highest BCUT2D eigenvalue weighted by Crippen LogP contribution is 2.32. The van der Waals surface area contributed by atoms with E-state index in [-0.39, 0.29) is 0 Å². The van der Waals surface area contributed by atoms with E-state index in [1.807, 2.05) is 19.3 Å². The fourth-order valence-corrected chi connectivity index (χ4v) is 2.47. The summed E-state index contributed by atoms with van der Waals surface area (Å²) in [7, 11) is 1.81. The maximum atomic E-state index is 4.47. The highest BCUT2D eigenvalue weighted by Gasteiger charge is 2.28. The monoisotopic (exact) mass is 279 g/mol. The van der Waals surface area contributed by atoms with E-state index in [0.29, 0.717) is 5.95 Å². The molecule has 0 spiro atoms. The molecule has 16 heavy (non-hydrogen) atoms. The van der Waals surface area contributed by atoms with Crippen molar-refractivity contribution in [2.75, 3.05) is 30.4 Å². The molecule has 0 bridgehead atoms. The Morgan fingerprint density at radius 2 is 2.38 bits per heavy atom. The number of fused-ring (bicyclic) bond motifs is 3. The zero-order valence-corrected chi connectivity index (χ0v) is 10.3. The fraction of sp³-hybridized carbons (Fsp3) is 0.300. The van der Waals surface area contributed by atoms with E-state index in [1.54, 1.807) is 0 Å². The molecule has 0 aliphatic carbocycles. The van der Waals surface area contributed by atoms with Crippen LogP contribution in [0.2, 0.25) is 0 Å². The molecular weight excluding hydrogens is 270 g/mol. The minimum Gasteiger partial charge on any atom is -0.357 e. The second kappa shape index (κ2) is 3.55. The van der Waals surface area contributed by atoms with Gasteiger partial charge in [0, 0.05) is 25.4 Å². The van der Waals surface area contributed by atoms with Gasteiger partial charge in [-0.05, 0) is 22.0 Å². The Labute approximate surface area is 101 Å². The van der Waals surface area contributed by atoms with Crippen LogP contribution in [0.5, 0.6) is 0 Å². The molecule has 1 aromatic heterocycles. The van der Waals surface area contributed by atoms with Crippen molar-refractivity contribution in [3.05, 3.63) is 16.2 Å². The van der Waals surface area contributed by atoms with Gasteiger partial charge in [0.05, 0.1) is 11.0 Å². The average molecular weight is 280 g/mol. The van der Waals surface area contributed by atoms with E-state index in [1.165, 1.54) is 0 Å². The third-order valence-electron chi connectivity index (χ3n) is 2.61. The summed E-state index contributed by atoms with van der Waals surface area (Å²) in [5, 5.41) is 2.95. The van der Waals surface area contributed by atoms with Crippen molar-refractivity contribution in [1.82, 2.24) is 9.97 Å². The summed E-state index contributed by atoms with van der Waals surface area (Å²) in [6, 6.07) is 0. The molecule has 2 aliphatic rings. The SMILES string of the molecule is CNc1ncc2c(n1)N1CCN=C1C(Br)=C2. The van der Waals surface area contributed by atoms with Gasteiger partial charge in [-0.1, -0.05) is 0 Å². The molecule has 0 saturated heterocycles. The summed E-state index contributed by atoms with van der Waals surface area (Å²) >= 11 is 3.52. The Morgan fingerprint density at radius 1 is 1.50 bits per heavy atom. The van der Waals surface area contributed by atoms with Crippen LogP contribution in [0, 0.1) is 0 Å². The lowest BCUT2D eigenvalue weighted by Crippen LogP contribution is -2.31. The number of halogens is 1. The van der Waals surface area contributed by atoms with Crippen LogP contribution in [0.1, 0.15) is 5.56 Å². The highest BCUT2D eigenvalue weighted by molar-refractivity contribution is 9.12. The van der Waals surface area contributed by atoms with Crippen LogP contribution in [0.3, 0.4) is 0 Å². The van der Waals surface area contributed by atoms with Gasteiger partial charge in [-0.15, -0.1) is 0 Å². The van der Waals surface area contributed by atoms with E-state index < -0.39 is 0 Å². The number of aromatic nitrogens is 2. The third kappa shape index (κ3) is 1.33. The highest BCUT2D eigenvalue weighted by atomic mass is 79.9. The first-order chi connectivity index (χ1) is 7.79. The lowest BCUT2D eigenvalue weighted by molar-refractivity contribution is 0.984. The van der Waals surface area contributed by atoms with Gasteiger partial charge in [-0.3, -0.25) is 4.99 Å². The smallest absolute Gasteiger partial charge is 0.224 e. The molecule has 1 aromatic rings. The molecule has 3 rings (SSSR count). The van der Waals surface area contributed by atoms with Crippen molar-refractivity contribution in [2.24, 2.45) is 4.99 Å². The maximum Gasteiger partial charge on any atom is 0.224 e. The number of anilines is 2. The number of amidine groups is 1. The molecule has 2 aliphatic heterocycles. The second-order valence-corrected chi connectivity index (χ2v) is 4.43. The number of aliphatic imine (C=N–C) groups is 1. The molecule has 0 aromatic carbocycles. The van der Waals surface area contributed by atoms with Crippen LogP contribution in [0.15, 0.2) is 15.7 Å². The van der Waals surface area contributed by atoms with Crippen molar-refractivity contribution in [3.63, 3.8) is 0 Å². The van der Waals surface area contributed by atoms with Crippen molar-refractivity contribution in [1.29, 1.82) is 0 Å². The Balaban J connectivity index is 2.17. The first-order valence-electron chi connectivity index (χ1n) is 5.04. The molecule has 0 atom stereocenters. The Kier molecular flexibility index (Phi) is 2.17. The Hall–Kier alpha value is -1.43. The van der Waals surface area contributed by atoms with E-state index >= 15 is 0 Å². The zero-order chi connectivity index (χ0) is 11.1. The molecule has 6 heteroatoms. The first-order valence-corrected chi connectivity index (χ1v) is 5.83. The molecule has 0 amide bonds. The van der Waals surface area contributed by atoms with Gasteiger partial charge in [0.2, 0.25) is 5.95 Å². The van der Waals surface area contributed by atoms with Gasteiger partial charge in [0.25, 0.3) is 0 Å². The minimum atomic E-state index is 0.636. The largest absolute Gasteiger partial charge is 0.357 e. The lowest BCUT2D eigenvalue weighted by atomic mass is 10.2. The molecule has 0 unspecified atom stereocenters. The minimum absolute atomic E-state index is 0.636. The number of hydrogen-bond acceptors (Lipinski definition) is 5. The van der Waals surface area contributed by atoms with Gasteiger partial charge < -0.3 is 10.2 Å². The lowest BCUT2D eigenvalue weighted by Gasteiger charge is -2.25. The van der Waals surface area contributed by atoms with Crippen molar-refractivity contribution in [3.8, 4) is 0 Å². The number of nitrogens with zero attached hydrogens (tertiary/aromatic N) is 4. The van der Waals surface area contributed by atoms with Crippen LogP contribution < -0.4 is 10.2 Å². The molecule has 1 N–H and O–H groups in total. The van der Waals surface area contributed by atoms with Gasteiger partial charge >= 0.3 is 0 Å². The summed E-state index contributed by atoms with van der Waals surface area (Å²) in [6.45, 7) is 1.70. The average Bonchev–Trinajstić information content (AvgIpc) is 2.78. The van der Waals surface area contributed by atoms with Crippen molar-refractivity contribution < 1.29 is 0 Å². The van der Waals surface area contributed by atoms with Crippen LogP contribution >= 0.6 is 15.9 Å². The summed E-state index contributed by atoms with van der Waals surface area (Å²) in [6.07, 6.45) is 3.83. The van der Waals surface area contributed by atoms with Crippen molar-refractivity contribution in [2.45, 2.75) is 0 Å². The zero-order valence-electron chi connectivity index (χ0n) is 8.74. The van der Waals surface area contributed by atoms with Gasteiger partial charge in [-0.25, -0.2) is 4.98 Å². The third-order valence-corrected chi connectivity index (χ3v) is 3.20. The fourth-order valence-electron chi connectivity index (χ4n) is 1.88. The standard InChI is InChI=1S/C10H10BrN5/c1-12-10-14-5-6-4-7(11)9-13-2-3-16(9)8(6)15-10/h4-5H,2-3H2,1H3,(H,12,14,15). The number of nitrogens with one attached hydrogen (secondary N) is 1. The van der Waals surface area contributed by atoms with Gasteiger partial charge in [0.15, 0.2) is 0 Å². The van der Waals surface area contributed by atoms with E-state index in [2.05, 4.69) is 41.1 Å². The van der Waals surface area contributed by atoms with Crippen molar-refractivity contribution >= 4 is 39.6 Å². The predicted molar refractivity (Wildman–Crippen MR) is 68.1 cm³/mol. The van der Waals surface area contributed by atoms with E-state index in [4.69, 9.17) is 0 Å². The number of rotatable bonds is 1. The van der Waals surface area contributed by atoms with Crippen LogP contribution in [-0.4, -0.2) is 35.9 Å². The summed E-state index contributed by atoms with van der Waals surface area (Å²) < 4.78 is 0.998. The van der Waals surface area contributed by atoms with Crippen LogP contribution in [-0.2, 0) is 0 Å².